The van der Waals surface area contributed by atoms with Gasteiger partial charge in [-0.05, 0) is 83.1 Å². The van der Waals surface area contributed by atoms with E-state index in [9.17, 15) is 19.0 Å². The van der Waals surface area contributed by atoms with E-state index in [0.29, 0.717) is 17.4 Å². The Bertz CT molecular complexity index is 1540. The van der Waals surface area contributed by atoms with Crippen LogP contribution < -0.4 is 5.32 Å². The van der Waals surface area contributed by atoms with Gasteiger partial charge in [-0.3, -0.25) is 18.6 Å². The predicted octanol–water partition coefficient (Wildman–Crippen LogP) is 21.0. The molecule has 0 aliphatic heterocycles. The monoisotopic (exact) mass is 1130 g/mol. The number of carbonyl (C=O) groups excluding carboxylic acids is 2. The third kappa shape index (κ3) is 60.1. The summed E-state index contributed by atoms with van der Waals surface area (Å²) in [5, 5.41) is 3.02. The molecule has 1 amide bonds. The SMILES string of the molecule is CCCCC/C=C\C/C=C\CCCCCCCCCCCCCCCCCCCC(=O)OC(/C=C\CCCCCCCCCCCCC)C(COP(=O)(O)OCC[N+](C)(C)C)NC(=O)CC/C=C/C/C=C\CCCCCCCC. The van der Waals surface area contributed by atoms with Crippen molar-refractivity contribution in [3.05, 3.63) is 60.8 Å². The summed E-state index contributed by atoms with van der Waals surface area (Å²) < 4.78 is 30.7. The van der Waals surface area contributed by atoms with Crippen LogP contribution in [0.4, 0.5) is 0 Å². The Labute approximate surface area is 490 Å². The molecule has 0 radical (unpaired) electrons. The molecule has 0 aromatic heterocycles. The predicted molar refractivity (Wildman–Crippen MR) is 342 cm³/mol. The number of carbonyl (C=O) groups is 2. The van der Waals surface area contributed by atoms with Gasteiger partial charge in [-0.1, -0.05) is 281 Å². The maximum absolute atomic E-state index is 13.5. The lowest BCUT2D eigenvalue weighted by Crippen LogP contribution is -2.47. The number of quaternary nitrogens is 1. The van der Waals surface area contributed by atoms with E-state index in [2.05, 4.69) is 68.6 Å². The fraction of sp³-hybridized carbons (Fsp3) is 0.826. The van der Waals surface area contributed by atoms with Crippen LogP contribution in [0.15, 0.2) is 60.8 Å². The molecule has 0 heterocycles. The molecule has 0 aliphatic carbocycles. The Morgan fingerprint density at radius 1 is 0.443 bits per heavy atom. The molecule has 3 atom stereocenters. The van der Waals surface area contributed by atoms with Crippen molar-refractivity contribution < 1.29 is 37.3 Å². The molecule has 0 bridgehead atoms. The maximum atomic E-state index is 13.5. The van der Waals surface area contributed by atoms with Crippen LogP contribution in [0.5, 0.6) is 0 Å². The number of hydrogen-bond donors (Lipinski definition) is 2. The van der Waals surface area contributed by atoms with Crippen molar-refractivity contribution >= 4 is 19.7 Å². The van der Waals surface area contributed by atoms with Crippen LogP contribution in [0.25, 0.3) is 0 Å². The van der Waals surface area contributed by atoms with Crippen molar-refractivity contribution in [3.63, 3.8) is 0 Å². The quantitative estimate of drug-likeness (QED) is 0.0205. The fourth-order valence-electron chi connectivity index (χ4n) is 9.73. The normalized spacial score (nSPS) is 14.0. The molecule has 0 saturated carbocycles. The van der Waals surface area contributed by atoms with E-state index >= 15 is 0 Å². The number of rotatable bonds is 61. The van der Waals surface area contributed by atoms with Gasteiger partial charge in [0.1, 0.15) is 19.3 Å². The number of phosphoric acid groups is 1. The minimum absolute atomic E-state index is 0.0314. The zero-order chi connectivity index (χ0) is 57.9. The van der Waals surface area contributed by atoms with Crippen LogP contribution in [0.2, 0.25) is 0 Å². The van der Waals surface area contributed by atoms with Crippen molar-refractivity contribution in [2.75, 3.05) is 40.9 Å². The third-order valence-electron chi connectivity index (χ3n) is 14.9. The summed E-state index contributed by atoms with van der Waals surface area (Å²) in [7, 11) is 1.47. The fourth-order valence-corrected chi connectivity index (χ4v) is 10.5. The summed E-state index contributed by atoms with van der Waals surface area (Å²) in [5.41, 5.74) is 0. The summed E-state index contributed by atoms with van der Waals surface area (Å²) in [6.45, 7) is 6.96. The molecule has 462 valence electrons. The first-order valence-corrected chi connectivity index (χ1v) is 35.1. The van der Waals surface area contributed by atoms with Crippen molar-refractivity contribution in [3.8, 4) is 0 Å². The van der Waals surface area contributed by atoms with Crippen molar-refractivity contribution in [2.45, 2.75) is 328 Å². The van der Waals surface area contributed by atoms with Gasteiger partial charge in [0.25, 0.3) is 0 Å². The first-order valence-electron chi connectivity index (χ1n) is 33.6. The molecule has 0 fully saturated rings. The first-order chi connectivity index (χ1) is 38.4. The highest BCUT2D eigenvalue weighted by atomic mass is 31.2. The van der Waals surface area contributed by atoms with E-state index < -0.39 is 20.0 Å². The minimum Gasteiger partial charge on any atom is -0.456 e. The third-order valence-corrected chi connectivity index (χ3v) is 15.9. The van der Waals surface area contributed by atoms with Gasteiger partial charge in [-0.15, -0.1) is 0 Å². The van der Waals surface area contributed by atoms with Gasteiger partial charge in [0.05, 0.1) is 33.8 Å². The van der Waals surface area contributed by atoms with Crippen molar-refractivity contribution in [1.29, 1.82) is 0 Å². The molecule has 0 spiro atoms. The number of amides is 1. The van der Waals surface area contributed by atoms with Gasteiger partial charge in [0, 0.05) is 12.8 Å². The lowest BCUT2D eigenvalue weighted by Gasteiger charge is -2.27. The van der Waals surface area contributed by atoms with Crippen LogP contribution in [0.1, 0.15) is 316 Å². The Balaban J connectivity index is 5.05. The van der Waals surface area contributed by atoms with E-state index in [1.165, 1.54) is 218 Å². The molecule has 0 rings (SSSR count). The number of unbranched alkanes of at least 4 members (excludes halogenated alkanes) is 37. The molecular weight excluding hydrogens is 1000 g/mol. The van der Waals surface area contributed by atoms with E-state index in [0.717, 1.165) is 57.8 Å². The molecular formula is C69H130N2O7P+. The highest BCUT2D eigenvalue weighted by Gasteiger charge is 2.30. The summed E-state index contributed by atoms with van der Waals surface area (Å²) in [5.74, 6) is -0.573. The minimum atomic E-state index is -4.46. The Kier molecular flexibility index (Phi) is 57.2. The number of likely N-dealkylation sites (N-methyl/N-ethyl adjacent to an activating group) is 1. The second-order valence-electron chi connectivity index (χ2n) is 24.0. The molecule has 9 nitrogen and oxygen atoms in total. The molecule has 0 aromatic carbocycles. The molecule has 2 N–H and O–H groups in total. The van der Waals surface area contributed by atoms with Gasteiger partial charge >= 0.3 is 13.8 Å². The topological polar surface area (TPSA) is 111 Å². The molecule has 3 unspecified atom stereocenters. The van der Waals surface area contributed by atoms with Crippen LogP contribution in [0, 0.1) is 0 Å². The summed E-state index contributed by atoms with van der Waals surface area (Å²) in [6.07, 6.45) is 75.4. The lowest BCUT2D eigenvalue weighted by atomic mass is 10.0. The second-order valence-corrected chi connectivity index (χ2v) is 25.4. The molecule has 0 aliphatic rings. The smallest absolute Gasteiger partial charge is 0.456 e. The van der Waals surface area contributed by atoms with Gasteiger partial charge < -0.3 is 19.4 Å². The standard InChI is InChI=1S/C69H129N2O7P/c1-7-10-13-16-19-22-25-28-29-30-31-32-33-34-35-36-37-38-39-40-41-44-47-50-53-56-59-62-69(73)78-67(60-57-54-51-48-45-42-26-23-20-17-14-11-8-2)66(65-77-79(74,75)76-64-63-71(4,5)6)70-68(72)61-58-55-52-49-46-43-27-24-21-18-15-12-9-3/h19,22,28-29,43,46,52,55,57,60,66-67H,7-18,20-21,23-27,30-42,44-45,47-51,53-54,56,58-59,61-65H2,1-6H3,(H-,70,72,74,75)/p+1/b22-19-,29-28-,46-43-,55-52+,60-57-. The van der Waals surface area contributed by atoms with Gasteiger partial charge in [0.15, 0.2) is 0 Å². The van der Waals surface area contributed by atoms with Crippen LogP contribution in [0.3, 0.4) is 0 Å². The van der Waals surface area contributed by atoms with E-state index in [1.807, 2.05) is 39.4 Å². The van der Waals surface area contributed by atoms with Crippen LogP contribution >= 0.6 is 7.82 Å². The summed E-state index contributed by atoms with van der Waals surface area (Å²) >= 11 is 0. The highest BCUT2D eigenvalue weighted by molar-refractivity contribution is 7.47. The van der Waals surface area contributed by atoms with E-state index in [4.69, 9.17) is 13.8 Å². The maximum Gasteiger partial charge on any atom is 0.472 e. The number of esters is 1. The average Bonchev–Trinajstić information content (AvgIpc) is 3.41. The zero-order valence-corrected chi connectivity index (χ0v) is 53.8. The average molecular weight is 1130 g/mol. The number of hydrogen-bond acceptors (Lipinski definition) is 6. The van der Waals surface area contributed by atoms with Gasteiger partial charge in [-0.25, -0.2) is 4.57 Å². The van der Waals surface area contributed by atoms with Gasteiger partial charge in [0.2, 0.25) is 5.91 Å². The zero-order valence-electron chi connectivity index (χ0n) is 52.9. The number of ether oxygens (including phenoxy) is 1. The van der Waals surface area contributed by atoms with E-state index in [1.54, 1.807) is 0 Å². The summed E-state index contributed by atoms with van der Waals surface area (Å²) in [6, 6.07) is -0.878. The molecule has 0 saturated heterocycles. The number of nitrogens with zero attached hydrogens (tertiary/aromatic N) is 1. The van der Waals surface area contributed by atoms with Crippen LogP contribution in [-0.2, 0) is 27.9 Å². The summed E-state index contributed by atoms with van der Waals surface area (Å²) in [4.78, 5) is 37.7. The lowest BCUT2D eigenvalue weighted by molar-refractivity contribution is -0.870. The molecule has 0 aromatic rings. The second kappa shape index (κ2) is 58.9. The molecule has 79 heavy (non-hydrogen) atoms. The Morgan fingerprint density at radius 3 is 1.19 bits per heavy atom. The van der Waals surface area contributed by atoms with E-state index in [-0.39, 0.29) is 37.9 Å². The Morgan fingerprint density at radius 2 is 0.785 bits per heavy atom. The molecule has 10 heteroatoms. The van der Waals surface area contributed by atoms with Crippen LogP contribution in [-0.4, -0.2) is 74.3 Å². The highest BCUT2D eigenvalue weighted by Crippen LogP contribution is 2.43. The number of nitrogens with one attached hydrogen (secondary N) is 1. The van der Waals surface area contributed by atoms with Crippen molar-refractivity contribution in [2.24, 2.45) is 0 Å². The van der Waals surface area contributed by atoms with Crippen molar-refractivity contribution in [1.82, 2.24) is 5.32 Å². The largest absolute Gasteiger partial charge is 0.472 e. The van der Waals surface area contributed by atoms with Gasteiger partial charge in [-0.2, -0.15) is 0 Å². The number of phosphoric ester groups is 1. The first kappa shape index (κ1) is 76.7. The number of allylic oxidation sites excluding steroid dienone is 9. The Hall–Kier alpha value is -2.29.